The summed E-state index contributed by atoms with van der Waals surface area (Å²) < 4.78 is 9.35. The van der Waals surface area contributed by atoms with Crippen LogP contribution in [0.5, 0.6) is 0 Å². The van der Waals surface area contributed by atoms with Crippen LogP contribution in [0.3, 0.4) is 0 Å². The smallest absolute Gasteiger partial charge is 0.0922 e. The highest BCUT2D eigenvalue weighted by Crippen LogP contribution is 2.47. The van der Waals surface area contributed by atoms with E-state index in [0.717, 1.165) is 5.69 Å². The lowest BCUT2D eigenvalue weighted by Crippen LogP contribution is -2.45. The lowest BCUT2D eigenvalue weighted by Gasteiger charge is -2.39. The fourth-order valence-corrected chi connectivity index (χ4v) is 4.79. The number of anilines is 1. The van der Waals surface area contributed by atoms with Gasteiger partial charge in [-0.05, 0) is 36.6 Å². The minimum absolute atomic E-state index is 0.178. The Balaban J connectivity index is 1.68. The molecule has 3 aromatic carbocycles. The average molecular weight is 368 g/mol. The molecule has 2 nitrogen and oxygen atoms in total. The van der Waals surface area contributed by atoms with Gasteiger partial charge in [-0.2, -0.15) is 0 Å². The molecule has 2 heteroatoms. The third-order valence-electron chi connectivity index (χ3n) is 6.27. The number of aryl methyl sites for hydroxylation is 1. The topological polar surface area (TPSA) is 6.48 Å². The molecule has 5 rings (SSSR count). The number of para-hydroxylation sites is 1. The summed E-state index contributed by atoms with van der Waals surface area (Å²) in [5.74, 6) is 0. The molecule has 0 amide bonds. The number of hydrogen-bond donors (Lipinski definition) is 0. The van der Waals surface area contributed by atoms with Crippen LogP contribution >= 0.6 is 0 Å². The molecule has 1 saturated heterocycles. The van der Waals surface area contributed by atoms with E-state index in [0.29, 0.717) is 0 Å². The molecular formula is C26H26N2. The van der Waals surface area contributed by atoms with Crippen molar-refractivity contribution in [3.05, 3.63) is 114 Å². The van der Waals surface area contributed by atoms with Gasteiger partial charge in [0, 0.05) is 11.7 Å². The van der Waals surface area contributed by atoms with Crippen LogP contribution in [0.25, 0.3) is 0 Å². The quantitative estimate of drug-likeness (QED) is 0.576. The fraction of sp³-hybridized carbons (Fsp3) is 0.231. The maximum absolute atomic E-state index is 9.35. The summed E-state index contributed by atoms with van der Waals surface area (Å²) in [7, 11) is 0. The Labute approximate surface area is 169 Å². The largest absolute Gasteiger partial charge is 0.354 e. The minimum atomic E-state index is -0.480. The van der Waals surface area contributed by atoms with Crippen molar-refractivity contribution in [3.8, 4) is 0 Å². The van der Waals surface area contributed by atoms with E-state index in [1.165, 1.54) is 16.7 Å². The van der Waals surface area contributed by atoms with Gasteiger partial charge in [0.2, 0.25) is 0 Å². The SMILES string of the molecule is [2H]C1N(c2ccccc2C)[C@@H](C)C2C=CC(c3ccccc3)(c3ccccc3)N21. The normalized spacial score (nSPS) is 26.3. The Morgan fingerprint density at radius 1 is 0.857 bits per heavy atom. The average Bonchev–Trinajstić information content (AvgIpc) is 3.28. The van der Waals surface area contributed by atoms with E-state index < -0.39 is 12.2 Å². The maximum atomic E-state index is 9.35. The van der Waals surface area contributed by atoms with E-state index in [9.17, 15) is 1.37 Å². The van der Waals surface area contributed by atoms with Gasteiger partial charge in [-0.15, -0.1) is 0 Å². The molecule has 2 unspecified atom stereocenters. The Morgan fingerprint density at radius 2 is 1.43 bits per heavy atom. The van der Waals surface area contributed by atoms with Crippen LogP contribution in [0.2, 0.25) is 0 Å². The van der Waals surface area contributed by atoms with Gasteiger partial charge in [-0.1, -0.05) is 91.0 Å². The molecule has 0 radical (unpaired) electrons. The molecule has 0 aliphatic carbocycles. The molecule has 0 spiro atoms. The molecule has 2 aliphatic rings. The molecule has 28 heavy (non-hydrogen) atoms. The summed E-state index contributed by atoms with van der Waals surface area (Å²) in [4.78, 5) is 4.64. The first-order valence-corrected chi connectivity index (χ1v) is 9.99. The van der Waals surface area contributed by atoms with Gasteiger partial charge < -0.3 is 4.90 Å². The van der Waals surface area contributed by atoms with Crippen molar-refractivity contribution in [1.82, 2.24) is 4.90 Å². The van der Waals surface area contributed by atoms with Crippen LogP contribution in [0, 0.1) is 6.92 Å². The first-order valence-electron chi connectivity index (χ1n) is 10.6. The number of benzene rings is 3. The van der Waals surface area contributed by atoms with Gasteiger partial charge in [0.15, 0.2) is 0 Å². The van der Waals surface area contributed by atoms with Crippen molar-refractivity contribution in [2.75, 3.05) is 11.5 Å². The number of hydrogen-bond acceptors (Lipinski definition) is 2. The van der Waals surface area contributed by atoms with Crippen LogP contribution < -0.4 is 4.90 Å². The highest BCUT2D eigenvalue weighted by atomic mass is 15.4. The summed E-state index contributed by atoms with van der Waals surface area (Å²) >= 11 is 0. The van der Waals surface area contributed by atoms with Crippen molar-refractivity contribution in [1.29, 1.82) is 0 Å². The third-order valence-corrected chi connectivity index (χ3v) is 6.27. The van der Waals surface area contributed by atoms with Gasteiger partial charge in [0.1, 0.15) is 0 Å². The third kappa shape index (κ3) is 2.45. The summed E-state index contributed by atoms with van der Waals surface area (Å²) in [6.07, 6.45) is 4.63. The number of nitrogens with zero attached hydrogens (tertiary/aromatic N) is 2. The fourth-order valence-electron chi connectivity index (χ4n) is 4.79. The Morgan fingerprint density at radius 3 is 2.04 bits per heavy atom. The van der Waals surface area contributed by atoms with E-state index in [1.54, 1.807) is 0 Å². The lowest BCUT2D eigenvalue weighted by molar-refractivity contribution is 0.191. The van der Waals surface area contributed by atoms with Crippen molar-refractivity contribution in [2.45, 2.75) is 31.5 Å². The van der Waals surface area contributed by atoms with Crippen molar-refractivity contribution in [2.24, 2.45) is 0 Å². The molecule has 2 aliphatic heterocycles. The lowest BCUT2D eigenvalue weighted by atomic mass is 9.82. The second-order valence-corrected chi connectivity index (χ2v) is 7.81. The molecule has 3 atom stereocenters. The maximum Gasteiger partial charge on any atom is 0.0922 e. The summed E-state index contributed by atoms with van der Waals surface area (Å²) in [6.45, 7) is 3.90. The van der Waals surface area contributed by atoms with E-state index in [4.69, 9.17) is 0 Å². The molecule has 2 heterocycles. The second kappa shape index (κ2) is 6.65. The van der Waals surface area contributed by atoms with Gasteiger partial charge in [0.05, 0.1) is 19.6 Å². The first kappa shape index (κ1) is 16.1. The van der Waals surface area contributed by atoms with E-state index >= 15 is 0 Å². The van der Waals surface area contributed by atoms with Crippen LogP contribution in [0.1, 0.15) is 25.0 Å². The zero-order chi connectivity index (χ0) is 20.0. The minimum Gasteiger partial charge on any atom is -0.354 e. The predicted octanol–water partition coefficient (Wildman–Crippen LogP) is 5.35. The second-order valence-electron chi connectivity index (χ2n) is 7.81. The van der Waals surface area contributed by atoms with Crippen molar-refractivity contribution < 1.29 is 1.37 Å². The highest BCUT2D eigenvalue weighted by molar-refractivity contribution is 5.57. The van der Waals surface area contributed by atoms with Gasteiger partial charge in [-0.25, -0.2) is 0 Å². The molecule has 140 valence electrons. The summed E-state index contributed by atoms with van der Waals surface area (Å²) in [5, 5.41) is 0. The molecule has 3 aromatic rings. The van der Waals surface area contributed by atoms with Gasteiger partial charge in [-0.3, -0.25) is 4.90 Å². The highest BCUT2D eigenvalue weighted by Gasteiger charge is 2.51. The van der Waals surface area contributed by atoms with Crippen molar-refractivity contribution >= 4 is 5.69 Å². The van der Waals surface area contributed by atoms with E-state index in [2.05, 4.69) is 121 Å². The molecule has 1 fully saturated rings. The molecule has 0 saturated carbocycles. The number of rotatable bonds is 3. The standard InChI is InChI=1S/C26H26N2/c1-20-11-9-10-16-24(20)27-19-28-25(21(27)2)17-18-26(28,22-12-5-3-6-13-22)23-14-7-4-8-15-23/h3-18,21,25H,19H2,1-2H3/t21-,25?/m0/s1/i19D/t19?,21-,25?. The van der Waals surface area contributed by atoms with Crippen LogP contribution in [-0.4, -0.2) is 23.6 Å². The van der Waals surface area contributed by atoms with Crippen LogP contribution in [0.4, 0.5) is 5.69 Å². The zero-order valence-corrected chi connectivity index (χ0v) is 16.4. The van der Waals surface area contributed by atoms with Crippen LogP contribution in [-0.2, 0) is 5.54 Å². The van der Waals surface area contributed by atoms with Gasteiger partial charge >= 0.3 is 0 Å². The first-order chi connectivity index (χ1) is 14.1. The van der Waals surface area contributed by atoms with Gasteiger partial charge in [0.25, 0.3) is 0 Å². The Hall–Kier alpha value is -2.84. The molecule has 0 N–H and O–H groups in total. The zero-order valence-electron chi connectivity index (χ0n) is 17.4. The number of fused-ring (bicyclic) bond motifs is 1. The Bertz CT molecular complexity index is 991. The summed E-state index contributed by atoms with van der Waals surface area (Å²) in [5.41, 5.74) is 4.34. The molecule has 0 aromatic heterocycles. The summed E-state index contributed by atoms with van der Waals surface area (Å²) in [6, 6.07) is 30.1. The monoisotopic (exact) mass is 367 g/mol. The predicted molar refractivity (Wildman–Crippen MR) is 116 cm³/mol. The Kier molecular flexibility index (Phi) is 3.83. The molecule has 0 bridgehead atoms. The molecular weight excluding hydrogens is 340 g/mol. The van der Waals surface area contributed by atoms with Crippen molar-refractivity contribution in [3.63, 3.8) is 0 Å². The van der Waals surface area contributed by atoms with E-state index in [-0.39, 0.29) is 12.1 Å². The van der Waals surface area contributed by atoms with E-state index in [1.807, 2.05) is 0 Å². The van der Waals surface area contributed by atoms with Crippen LogP contribution in [0.15, 0.2) is 97.1 Å².